The Kier molecular flexibility index (Phi) is 12.4. The highest BCUT2D eigenvalue weighted by molar-refractivity contribution is 5.85. The standard InChI is InChI=1S/C39H44N6O2.C2H6/c1-27-22-32(9-10-33(27)24-40)36-15-18-42-45-26-34(23-38(36)45)30-7-5-28(6-8-30)25-44-19-16-31(17-20-44)29-11-13-35(14-12-29)43-37(4-3-21-46)39(47)41-2;1-2/h5-15,18,21-23,26,31,37,43H,3-4,16-17,19-20,24-25,40H2,1-2H3,(H,41,47);1-2H3. The van der Waals surface area contributed by atoms with Crippen molar-refractivity contribution in [2.45, 2.75) is 71.5 Å². The molecule has 0 radical (unpaired) electrons. The van der Waals surface area contributed by atoms with Crippen molar-refractivity contribution in [1.82, 2.24) is 19.8 Å². The van der Waals surface area contributed by atoms with E-state index < -0.39 is 6.04 Å². The number of piperidine rings is 1. The van der Waals surface area contributed by atoms with Crippen LogP contribution in [0.3, 0.4) is 0 Å². The third-order valence-electron chi connectivity index (χ3n) is 9.52. The molecule has 49 heavy (non-hydrogen) atoms. The lowest BCUT2D eigenvalue weighted by Crippen LogP contribution is -2.37. The predicted molar refractivity (Wildman–Crippen MR) is 201 cm³/mol. The Morgan fingerprint density at radius 3 is 2.33 bits per heavy atom. The Morgan fingerprint density at radius 2 is 1.67 bits per heavy atom. The number of anilines is 1. The lowest BCUT2D eigenvalue weighted by molar-refractivity contribution is -0.121. The summed E-state index contributed by atoms with van der Waals surface area (Å²) in [7, 11) is 1.62. The van der Waals surface area contributed by atoms with Gasteiger partial charge in [0.2, 0.25) is 5.91 Å². The average molecular weight is 659 g/mol. The van der Waals surface area contributed by atoms with Gasteiger partial charge in [0.15, 0.2) is 0 Å². The molecule has 4 N–H and O–H groups in total. The van der Waals surface area contributed by atoms with Gasteiger partial charge in [-0.1, -0.05) is 68.4 Å². The molecule has 8 nitrogen and oxygen atoms in total. The van der Waals surface area contributed by atoms with Gasteiger partial charge >= 0.3 is 0 Å². The second-order valence-electron chi connectivity index (χ2n) is 12.6. The van der Waals surface area contributed by atoms with Crippen molar-refractivity contribution in [3.63, 3.8) is 0 Å². The highest BCUT2D eigenvalue weighted by Gasteiger charge is 2.22. The molecule has 3 heterocycles. The largest absolute Gasteiger partial charge is 0.374 e. The number of rotatable bonds is 12. The normalized spacial score (nSPS) is 14.1. The van der Waals surface area contributed by atoms with Gasteiger partial charge < -0.3 is 21.2 Å². The van der Waals surface area contributed by atoms with E-state index in [9.17, 15) is 9.59 Å². The number of hydrogen-bond donors (Lipinski definition) is 3. The molecule has 0 bridgehead atoms. The van der Waals surface area contributed by atoms with E-state index >= 15 is 0 Å². The van der Waals surface area contributed by atoms with Crippen LogP contribution in [-0.4, -0.2) is 52.9 Å². The number of nitrogens with two attached hydrogens (primary N) is 1. The number of fused-ring (bicyclic) bond motifs is 1. The SMILES string of the molecule is CC.CNC(=O)C(CCC=O)Nc1ccc(C2CCN(Cc3ccc(-c4cc5c(-c6ccc(CN)c(C)c6)ccnn5c4)cc3)CC2)cc1. The van der Waals surface area contributed by atoms with Crippen molar-refractivity contribution in [3.05, 3.63) is 114 Å². The maximum absolute atomic E-state index is 12.2. The summed E-state index contributed by atoms with van der Waals surface area (Å²) in [6.07, 6.45) is 7.88. The van der Waals surface area contributed by atoms with Crippen LogP contribution in [0.15, 0.2) is 91.3 Å². The number of amides is 1. The molecule has 0 aliphatic carbocycles. The minimum absolute atomic E-state index is 0.108. The molecule has 1 aliphatic rings. The van der Waals surface area contributed by atoms with E-state index in [1.807, 2.05) is 36.7 Å². The summed E-state index contributed by atoms with van der Waals surface area (Å²) >= 11 is 0. The Bertz CT molecular complexity index is 1820. The highest BCUT2D eigenvalue weighted by atomic mass is 16.2. The summed E-state index contributed by atoms with van der Waals surface area (Å²) in [6.45, 7) is 9.72. The first-order valence-electron chi connectivity index (χ1n) is 17.6. The van der Waals surface area contributed by atoms with Gasteiger partial charge in [-0.2, -0.15) is 5.10 Å². The summed E-state index contributed by atoms with van der Waals surface area (Å²) < 4.78 is 1.97. The molecule has 1 aliphatic heterocycles. The van der Waals surface area contributed by atoms with Gasteiger partial charge in [-0.15, -0.1) is 0 Å². The minimum atomic E-state index is -0.420. The first-order valence-corrected chi connectivity index (χ1v) is 17.6. The number of nitrogens with zero attached hydrogens (tertiary/aromatic N) is 3. The van der Waals surface area contributed by atoms with Crippen LogP contribution in [0.2, 0.25) is 0 Å². The van der Waals surface area contributed by atoms with E-state index in [2.05, 4.69) is 100 Å². The summed E-state index contributed by atoms with van der Waals surface area (Å²) in [4.78, 5) is 25.6. The van der Waals surface area contributed by atoms with E-state index in [1.54, 1.807) is 7.05 Å². The molecule has 1 amide bonds. The molecule has 1 fully saturated rings. The number of nitrogens with one attached hydrogen (secondary N) is 2. The van der Waals surface area contributed by atoms with Crippen LogP contribution in [-0.2, 0) is 22.7 Å². The number of likely N-dealkylation sites (tertiary alicyclic amines) is 1. The Labute approximate surface area is 290 Å². The molecule has 0 saturated carbocycles. The molecule has 5 aromatic rings. The monoisotopic (exact) mass is 658 g/mol. The molecular weight excluding hydrogens is 608 g/mol. The highest BCUT2D eigenvalue weighted by Crippen LogP contribution is 2.32. The summed E-state index contributed by atoms with van der Waals surface area (Å²) in [5.41, 5.74) is 17.6. The fraction of sp³-hybridized carbons (Fsp3) is 0.341. The fourth-order valence-electron chi connectivity index (χ4n) is 6.72. The van der Waals surface area contributed by atoms with Crippen LogP contribution in [0.4, 0.5) is 5.69 Å². The average Bonchev–Trinajstić information content (AvgIpc) is 3.59. The smallest absolute Gasteiger partial charge is 0.242 e. The van der Waals surface area contributed by atoms with Gasteiger partial charge in [0, 0.05) is 55.8 Å². The Hall–Kier alpha value is -4.79. The van der Waals surface area contributed by atoms with Crippen LogP contribution in [0.5, 0.6) is 0 Å². The predicted octanol–water partition coefficient (Wildman–Crippen LogP) is 7.35. The lowest BCUT2D eigenvalue weighted by atomic mass is 9.89. The quantitative estimate of drug-likeness (QED) is 0.121. The summed E-state index contributed by atoms with van der Waals surface area (Å²) in [6, 6.07) is 27.7. The zero-order valence-corrected chi connectivity index (χ0v) is 29.3. The third-order valence-corrected chi connectivity index (χ3v) is 9.52. The number of aldehydes is 1. The van der Waals surface area contributed by atoms with Crippen LogP contribution < -0.4 is 16.4 Å². The maximum atomic E-state index is 12.2. The number of aryl methyl sites for hydroxylation is 1. The molecule has 1 atom stereocenters. The van der Waals surface area contributed by atoms with Crippen molar-refractivity contribution >= 4 is 23.4 Å². The Balaban J connectivity index is 0.00000230. The van der Waals surface area contributed by atoms with Crippen molar-refractivity contribution in [3.8, 4) is 22.3 Å². The van der Waals surface area contributed by atoms with E-state index in [4.69, 9.17) is 5.73 Å². The second-order valence-corrected chi connectivity index (χ2v) is 12.6. The summed E-state index contributed by atoms with van der Waals surface area (Å²) in [5.74, 6) is 0.417. The topological polar surface area (TPSA) is 105 Å². The van der Waals surface area contributed by atoms with Crippen LogP contribution in [0, 0.1) is 6.92 Å². The second kappa shape index (κ2) is 17.0. The van der Waals surface area contributed by atoms with Crippen molar-refractivity contribution < 1.29 is 9.59 Å². The van der Waals surface area contributed by atoms with Gasteiger partial charge in [0.1, 0.15) is 12.3 Å². The summed E-state index contributed by atoms with van der Waals surface area (Å²) in [5, 5.41) is 10.5. The van der Waals surface area contributed by atoms with Gasteiger partial charge in [-0.05, 0) is 103 Å². The molecule has 2 aromatic heterocycles. The molecule has 8 heteroatoms. The van der Waals surface area contributed by atoms with Crippen molar-refractivity contribution in [2.75, 3.05) is 25.5 Å². The van der Waals surface area contributed by atoms with Crippen LogP contribution in [0.25, 0.3) is 27.8 Å². The molecule has 1 saturated heterocycles. The van der Waals surface area contributed by atoms with Gasteiger partial charge in [-0.3, -0.25) is 9.69 Å². The minimum Gasteiger partial charge on any atom is -0.374 e. The maximum Gasteiger partial charge on any atom is 0.242 e. The molecule has 256 valence electrons. The first-order chi connectivity index (χ1) is 23.9. The van der Waals surface area contributed by atoms with E-state index in [1.165, 1.54) is 33.4 Å². The van der Waals surface area contributed by atoms with Gasteiger partial charge in [0.05, 0.1) is 5.52 Å². The molecule has 3 aromatic carbocycles. The number of benzene rings is 3. The molecule has 0 spiro atoms. The fourth-order valence-corrected chi connectivity index (χ4v) is 6.72. The third kappa shape index (κ3) is 8.63. The first kappa shape index (κ1) is 35.5. The number of carbonyl (C=O) groups excluding carboxylic acids is 2. The van der Waals surface area contributed by atoms with E-state index in [-0.39, 0.29) is 5.91 Å². The number of carbonyl (C=O) groups is 2. The Morgan fingerprint density at radius 1 is 0.959 bits per heavy atom. The van der Waals surface area contributed by atoms with E-state index in [0.717, 1.165) is 61.1 Å². The molecule has 1 unspecified atom stereocenters. The van der Waals surface area contributed by atoms with Crippen LogP contribution in [0.1, 0.15) is 67.7 Å². The van der Waals surface area contributed by atoms with Gasteiger partial charge in [-0.25, -0.2) is 4.52 Å². The van der Waals surface area contributed by atoms with Gasteiger partial charge in [0.25, 0.3) is 0 Å². The molecular formula is C41H50N6O2. The number of hydrogen-bond acceptors (Lipinski definition) is 6. The molecule has 6 rings (SSSR count). The van der Waals surface area contributed by atoms with Crippen LogP contribution >= 0.6 is 0 Å². The van der Waals surface area contributed by atoms with Crippen molar-refractivity contribution in [1.29, 1.82) is 0 Å². The number of likely N-dealkylation sites (N-methyl/N-ethyl adjacent to an activating group) is 1. The van der Waals surface area contributed by atoms with Crippen molar-refractivity contribution in [2.24, 2.45) is 5.73 Å². The zero-order chi connectivity index (χ0) is 34.8. The lowest BCUT2D eigenvalue weighted by Gasteiger charge is -2.32. The zero-order valence-electron chi connectivity index (χ0n) is 29.3. The van der Waals surface area contributed by atoms with E-state index in [0.29, 0.717) is 25.3 Å². The number of aromatic nitrogens is 2.